The maximum absolute atomic E-state index is 5.78. The molecule has 0 heterocycles. The Balaban J connectivity index is 1.89. The third kappa shape index (κ3) is 5.54. The average Bonchev–Trinajstić information content (AvgIpc) is 2.55. The van der Waals surface area contributed by atoms with Crippen molar-refractivity contribution in [2.75, 3.05) is 6.54 Å². The molecule has 0 aliphatic rings. The molecule has 0 aromatic heterocycles. The van der Waals surface area contributed by atoms with Crippen LogP contribution in [-0.4, -0.2) is 17.9 Å². The first-order valence-corrected chi connectivity index (χ1v) is 7.52. The monoisotopic (exact) mass is 313 g/mol. The molecule has 0 amide bonds. The number of nitrogens with zero attached hydrogens (tertiary/aromatic N) is 1. The number of thiocarbonyl (C=S) groups is 1. The molecule has 0 bridgehead atoms. The second-order valence-electron chi connectivity index (χ2n) is 4.58. The third-order valence-corrected chi connectivity index (χ3v) is 3.06. The summed E-state index contributed by atoms with van der Waals surface area (Å²) in [5.41, 5.74) is 4.84. The second-order valence-corrected chi connectivity index (χ2v) is 4.98. The maximum atomic E-state index is 5.78. The lowest BCUT2D eigenvalue weighted by Crippen LogP contribution is -2.31. The Morgan fingerprint density at radius 1 is 1.18 bits per heavy atom. The van der Waals surface area contributed by atoms with Gasteiger partial charge in [0.05, 0.1) is 6.21 Å². The topological polar surface area (TPSA) is 45.7 Å². The zero-order valence-electron chi connectivity index (χ0n) is 12.5. The minimum atomic E-state index is 0.509. The van der Waals surface area contributed by atoms with Gasteiger partial charge in [0.2, 0.25) is 0 Å². The van der Waals surface area contributed by atoms with E-state index in [2.05, 4.69) is 15.8 Å². The van der Waals surface area contributed by atoms with Crippen LogP contribution in [0.1, 0.15) is 18.1 Å². The smallest absolute Gasteiger partial charge is 0.186 e. The summed E-state index contributed by atoms with van der Waals surface area (Å²) in [5, 5.41) is 7.56. The Hall–Kier alpha value is -2.40. The summed E-state index contributed by atoms with van der Waals surface area (Å²) in [4.78, 5) is 0. The molecule has 114 valence electrons. The Morgan fingerprint density at radius 3 is 2.77 bits per heavy atom. The van der Waals surface area contributed by atoms with Crippen LogP contribution in [0.3, 0.4) is 0 Å². The molecule has 0 radical (unpaired) electrons. The SMILES string of the molecule is CCNC(=S)N/N=C\c1cccc(OCc2ccccc2)c1. The minimum absolute atomic E-state index is 0.509. The number of hydrogen-bond acceptors (Lipinski definition) is 3. The molecule has 0 aliphatic heterocycles. The Kier molecular flexibility index (Phi) is 6.39. The summed E-state index contributed by atoms with van der Waals surface area (Å²) in [6.07, 6.45) is 1.71. The molecule has 2 rings (SSSR count). The molecule has 5 heteroatoms. The van der Waals surface area contributed by atoms with Crippen LogP contribution in [0.2, 0.25) is 0 Å². The summed E-state index contributed by atoms with van der Waals surface area (Å²) in [6, 6.07) is 17.8. The van der Waals surface area contributed by atoms with Crippen molar-refractivity contribution in [3.8, 4) is 5.75 Å². The van der Waals surface area contributed by atoms with Crippen molar-refractivity contribution in [2.24, 2.45) is 5.10 Å². The van der Waals surface area contributed by atoms with Gasteiger partial charge in [0.25, 0.3) is 0 Å². The molecule has 0 aliphatic carbocycles. The van der Waals surface area contributed by atoms with Crippen LogP contribution in [0.15, 0.2) is 59.7 Å². The fourth-order valence-electron chi connectivity index (χ4n) is 1.79. The van der Waals surface area contributed by atoms with Gasteiger partial charge in [0, 0.05) is 6.54 Å². The summed E-state index contributed by atoms with van der Waals surface area (Å²) in [7, 11) is 0. The molecule has 2 aromatic carbocycles. The number of ether oxygens (including phenoxy) is 1. The normalized spacial score (nSPS) is 10.4. The van der Waals surface area contributed by atoms with Gasteiger partial charge in [-0.2, -0.15) is 5.10 Å². The summed E-state index contributed by atoms with van der Waals surface area (Å²) in [5.74, 6) is 0.807. The lowest BCUT2D eigenvalue weighted by atomic mass is 10.2. The Labute approximate surface area is 136 Å². The Bertz CT molecular complexity index is 629. The van der Waals surface area contributed by atoms with E-state index >= 15 is 0 Å². The molecule has 2 N–H and O–H groups in total. The van der Waals surface area contributed by atoms with Crippen LogP contribution in [0.5, 0.6) is 5.75 Å². The van der Waals surface area contributed by atoms with E-state index in [4.69, 9.17) is 17.0 Å². The largest absolute Gasteiger partial charge is 0.489 e. The van der Waals surface area contributed by atoms with E-state index in [-0.39, 0.29) is 0 Å². The molecule has 4 nitrogen and oxygen atoms in total. The van der Waals surface area contributed by atoms with E-state index in [1.54, 1.807) is 6.21 Å². The van der Waals surface area contributed by atoms with E-state index in [0.29, 0.717) is 11.7 Å². The van der Waals surface area contributed by atoms with Gasteiger partial charge in [-0.05, 0) is 42.4 Å². The minimum Gasteiger partial charge on any atom is -0.489 e. The molecule has 0 atom stereocenters. The maximum Gasteiger partial charge on any atom is 0.186 e. The van der Waals surface area contributed by atoms with Gasteiger partial charge in [-0.15, -0.1) is 0 Å². The van der Waals surface area contributed by atoms with Gasteiger partial charge in [-0.1, -0.05) is 42.5 Å². The molecular weight excluding hydrogens is 294 g/mol. The first kappa shape index (κ1) is 16.0. The molecule has 0 saturated carbocycles. The molecule has 0 unspecified atom stereocenters. The molecule has 0 saturated heterocycles. The van der Waals surface area contributed by atoms with Crippen LogP contribution < -0.4 is 15.5 Å². The van der Waals surface area contributed by atoms with Gasteiger partial charge in [-0.3, -0.25) is 5.43 Å². The van der Waals surface area contributed by atoms with E-state index in [1.807, 2.05) is 61.5 Å². The summed E-state index contributed by atoms with van der Waals surface area (Å²) >= 11 is 5.03. The average molecular weight is 313 g/mol. The zero-order valence-corrected chi connectivity index (χ0v) is 13.3. The highest BCUT2D eigenvalue weighted by molar-refractivity contribution is 7.80. The predicted octanol–water partition coefficient (Wildman–Crippen LogP) is 3.08. The van der Waals surface area contributed by atoms with E-state index in [0.717, 1.165) is 23.4 Å². The number of hydrazone groups is 1. The molecule has 22 heavy (non-hydrogen) atoms. The van der Waals surface area contributed by atoms with Crippen molar-refractivity contribution in [2.45, 2.75) is 13.5 Å². The van der Waals surface area contributed by atoms with Gasteiger partial charge in [0.15, 0.2) is 5.11 Å². The lowest BCUT2D eigenvalue weighted by molar-refractivity contribution is 0.306. The molecule has 0 spiro atoms. The lowest BCUT2D eigenvalue weighted by Gasteiger charge is -2.07. The number of rotatable bonds is 6. The fraction of sp³-hybridized carbons (Fsp3) is 0.176. The van der Waals surface area contributed by atoms with Crippen LogP contribution >= 0.6 is 12.2 Å². The Morgan fingerprint density at radius 2 is 2.00 bits per heavy atom. The van der Waals surface area contributed by atoms with Crippen molar-refractivity contribution < 1.29 is 4.74 Å². The van der Waals surface area contributed by atoms with Gasteiger partial charge in [-0.25, -0.2) is 0 Å². The van der Waals surface area contributed by atoms with Crippen LogP contribution in [0.25, 0.3) is 0 Å². The van der Waals surface area contributed by atoms with Crippen LogP contribution in [0, 0.1) is 0 Å². The number of nitrogens with one attached hydrogen (secondary N) is 2. The van der Waals surface area contributed by atoms with E-state index < -0.39 is 0 Å². The first-order chi connectivity index (χ1) is 10.8. The first-order valence-electron chi connectivity index (χ1n) is 7.11. The van der Waals surface area contributed by atoms with Crippen molar-refractivity contribution in [1.82, 2.24) is 10.7 Å². The summed E-state index contributed by atoms with van der Waals surface area (Å²) in [6.45, 7) is 3.29. The third-order valence-electron chi connectivity index (χ3n) is 2.82. The van der Waals surface area contributed by atoms with Crippen molar-refractivity contribution in [3.05, 3.63) is 65.7 Å². The molecule has 0 fully saturated rings. The standard InChI is InChI=1S/C17H19N3OS/c1-2-18-17(22)20-19-12-15-9-6-10-16(11-15)21-13-14-7-4-3-5-8-14/h3-12H,2,13H2,1H3,(H2,18,20,22)/b19-12-. The van der Waals surface area contributed by atoms with Gasteiger partial charge >= 0.3 is 0 Å². The van der Waals surface area contributed by atoms with Crippen molar-refractivity contribution >= 4 is 23.5 Å². The predicted molar refractivity (Wildman–Crippen MR) is 94.2 cm³/mol. The number of hydrogen-bond donors (Lipinski definition) is 2. The number of benzene rings is 2. The molecular formula is C17H19N3OS. The van der Waals surface area contributed by atoms with E-state index in [9.17, 15) is 0 Å². The van der Waals surface area contributed by atoms with Crippen LogP contribution in [-0.2, 0) is 6.61 Å². The van der Waals surface area contributed by atoms with E-state index in [1.165, 1.54) is 0 Å². The quantitative estimate of drug-likeness (QED) is 0.489. The van der Waals surface area contributed by atoms with Crippen LogP contribution in [0.4, 0.5) is 0 Å². The summed E-state index contributed by atoms with van der Waals surface area (Å²) < 4.78 is 5.78. The molecule has 2 aromatic rings. The highest BCUT2D eigenvalue weighted by atomic mass is 32.1. The van der Waals surface area contributed by atoms with Gasteiger partial charge < -0.3 is 10.1 Å². The zero-order chi connectivity index (χ0) is 15.6. The fourth-order valence-corrected chi connectivity index (χ4v) is 1.99. The van der Waals surface area contributed by atoms with Crippen molar-refractivity contribution in [3.63, 3.8) is 0 Å². The second kappa shape index (κ2) is 8.79. The highest BCUT2D eigenvalue weighted by Crippen LogP contribution is 2.14. The van der Waals surface area contributed by atoms with Gasteiger partial charge in [0.1, 0.15) is 12.4 Å². The highest BCUT2D eigenvalue weighted by Gasteiger charge is 1.97. The van der Waals surface area contributed by atoms with Crippen molar-refractivity contribution in [1.29, 1.82) is 0 Å².